The first-order valence-electron chi connectivity index (χ1n) is 5.55. The lowest BCUT2D eigenvalue weighted by atomic mass is 10.1. The third-order valence-corrected chi connectivity index (χ3v) is 3.32. The van der Waals surface area contributed by atoms with Gasteiger partial charge in [0.15, 0.2) is 0 Å². The Kier molecular flexibility index (Phi) is 3.76. The number of ether oxygens (including phenoxy) is 2. The zero-order valence-electron chi connectivity index (χ0n) is 10.4. The van der Waals surface area contributed by atoms with E-state index in [0.717, 1.165) is 0 Å². The normalized spacial score (nSPS) is 21.6. The first-order valence-corrected chi connectivity index (χ1v) is 7.36. The maximum Gasteiger partial charge on any atom is 0.333 e. The summed E-state index contributed by atoms with van der Waals surface area (Å²) < 4.78 is 43.5. The average Bonchev–Trinajstić information content (AvgIpc) is 2.25. The molecule has 0 bridgehead atoms. The molecule has 106 valence electrons. The molecule has 1 aromatic carbocycles. The predicted octanol–water partition coefficient (Wildman–Crippen LogP) is 1.92. The van der Waals surface area contributed by atoms with E-state index in [1.165, 1.54) is 0 Å². The van der Waals surface area contributed by atoms with Crippen molar-refractivity contribution in [3.8, 4) is 5.75 Å². The van der Waals surface area contributed by atoms with Crippen LogP contribution in [-0.2, 0) is 15.0 Å². The average molecular weight is 308 g/mol. The van der Waals surface area contributed by atoms with Crippen molar-refractivity contribution in [2.75, 3.05) is 6.54 Å². The van der Waals surface area contributed by atoms with E-state index < -0.39 is 22.2 Å². The second-order valence-corrected chi connectivity index (χ2v) is 6.29. The Morgan fingerprint density at radius 3 is 2.79 bits per heavy atom. The van der Waals surface area contributed by atoms with Crippen LogP contribution in [0.25, 0.3) is 0 Å². The van der Waals surface area contributed by atoms with Gasteiger partial charge in [0.25, 0.3) is 0 Å². The molecule has 1 aromatic rings. The summed E-state index contributed by atoms with van der Waals surface area (Å²) in [5.74, 6) is -0.324. The van der Waals surface area contributed by atoms with Crippen LogP contribution in [0.15, 0.2) is 18.2 Å². The molecule has 1 aliphatic heterocycles. The third kappa shape index (κ3) is 3.80. The molecule has 0 fully saturated rings. The van der Waals surface area contributed by atoms with Gasteiger partial charge in [0.05, 0.1) is 0 Å². The summed E-state index contributed by atoms with van der Waals surface area (Å²) >= 11 is 5.90. The van der Waals surface area contributed by atoms with Crippen molar-refractivity contribution < 1.29 is 22.4 Å². The highest BCUT2D eigenvalue weighted by atomic mass is 35.5. The molecule has 0 saturated carbocycles. The molecule has 0 aromatic heterocycles. The number of hydrogen-bond acceptors (Lipinski definition) is 4. The van der Waals surface area contributed by atoms with E-state index in [2.05, 4.69) is 0 Å². The van der Waals surface area contributed by atoms with E-state index >= 15 is 0 Å². The quantitative estimate of drug-likeness (QED) is 0.833. The van der Waals surface area contributed by atoms with Crippen LogP contribution in [0.3, 0.4) is 0 Å². The molecule has 2 rings (SSSR count). The summed E-state index contributed by atoms with van der Waals surface area (Å²) in [6.07, 6.45) is -0.598. The predicted molar refractivity (Wildman–Crippen MR) is 69.5 cm³/mol. The van der Waals surface area contributed by atoms with Gasteiger partial charge in [0.1, 0.15) is 11.9 Å². The molecular formula is C11H14ClNO5S. The Morgan fingerprint density at radius 2 is 2.16 bits per heavy atom. The van der Waals surface area contributed by atoms with E-state index in [1.54, 1.807) is 32.0 Å². The lowest BCUT2D eigenvalue weighted by Gasteiger charge is -2.37. The smallest absolute Gasteiger partial charge is 0.333 e. The number of benzene rings is 1. The molecular weight excluding hydrogens is 294 g/mol. The van der Waals surface area contributed by atoms with Crippen LogP contribution in [0.4, 0.5) is 0 Å². The van der Waals surface area contributed by atoms with Gasteiger partial charge in [0, 0.05) is 31.0 Å². The van der Waals surface area contributed by atoms with Crippen molar-refractivity contribution in [1.29, 1.82) is 0 Å². The Labute approximate surface area is 116 Å². The maximum absolute atomic E-state index is 10.7. The molecule has 0 saturated heterocycles. The van der Waals surface area contributed by atoms with Gasteiger partial charge in [0.2, 0.25) is 5.79 Å². The summed E-state index contributed by atoms with van der Waals surface area (Å²) in [6.45, 7) is 3.31. The van der Waals surface area contributed by atoms with Gasteiger partial charge in [-0.2, -0.15) is 13.1 Å². The number of nitrogens with one attached hydrogen (secondary N) is 1. The fourth-order valence-electron chi connectivity index (χ4n) is 1.89. The SMILES string of the molecule is CC1(C)Oc2ccc(Cl)cc2[C@H](CNS(=O)(=O)O)O1. The minimum atomic E-state index is -4.28. The van der Waals surface area contributed by atoms with E-state index in [4.69, 9.17) is 25.6 Å². The fraction of sp³-hybridized carbons (Fsp3) is 0.455. The zero-order valence-corrected chi connectivity index (χ0v) is 12.0. The van der Waals surface area contributed by atoms with Crippen molar-refractivity contribution in [3.05, 3.63) is 28.8 Å². The van der Waals surface area contributed by atoms with Crippen LogP contribution in [0, 0.1) is 0 Å². The van der Waals surface area contributed by atoms with Crippen molar-refractivity contribution >= 4 is 21.9 Å². The monoisotopic (exact) mass is 307 g/mol. The number of rotatable bonds is 3. The Morgan fingerprint density at radius 1 is 1.47 bits per heavy atom. The lowest BCUT2D eigenvalue weighted by Crippen LogP contribution is -2.41. The molecule has 8 heteroatoms. The highest BCUT2D eigenvalue weighted by Crippen LogP contribution is 2.39. The summed E-state index contributed by atoms with van der Waals surface area (Å²) in [5.41, 5.74) is 0.628. The van der Waals surface area contributed by atoms with Gasteiger partial charge in [-0.05, 0) is 18.2 Å². The summed E-state index contributed by atoms with van der Waals surface area (Å²) in [4.78, 5) is 0. The van der Waals surface area contributed by atoms with Gasteiger partial charge in [-0.1, -0.05) is 11.6 Å². The molecule has 2 N–H and O–H groups in total. The van der Waals surface area contributed by atoms with Crippen molar-refractivity contribution in [3.63, 3.8) is 0 Å². The molecule has 1 aliphatic rings. The second kappa shape index (κ2) is 4.92. The van der Waals surface area contributed by atoms with Gasteiger partial charge >= 0.3 is 10.3 Å². The van der Waals surface area contributed by atoms with Gasteiger partial charge < -0.3 is 9.47 Å². The highest BCUT2D eigenvalue weighted by Gasteiger charge is 2.34. The minimum absolute atomic E-state index is 0.112. The van der Waals surface area contributed by atoms with Crippen LogP contribution in [0.2, 0.25) is 5.02 Å². The summed E-state index contributed by atoms with van der Waals surface area (Å²) in [6, 6.07) is 5.01. The van der Waals surface area contributed by atoms with Crippen LogP contribution in [0.5, 0.6) is 5.75 Å². The third-order valence-electron chi connectivity index (χ3n) is 2.55. The molecule has 0 aliphatic carbocycles. The number of fused-ring (bicyclic) bond motifs is 1. The first kappa shape index (κ1) is 14.5. The summed E-state index contributed by atoms with van der Waals surface area (Å²) in [7, 11) is -4.28. The van der Waals surface area contributed by atoms with E-state index in [1.807, 2.05) is 4.72 Å². The van der Waals surface area contributed by atoms with Gasteiger partial charge in [-0.3, -0.25) is 4.55 Å². The van der Waals surface area contributed by atoms with Crippen LogP contribution in [0.1, 0.15) is 25.5 Å². The van der Waals surface area contributed by atoms with Crippen LogP contribution in [-0.4, -0.2) is 25.3 Å². The lowest BCUT2D eigenvalue weighted by molar-refractivity contribution is -0.204. The van der Waals surface area contributed by atoms with Crippen molar-refractivity contribution in [1.82, 2.24) is 4.72 Å². The molecule has 0 spiro atoms. The van der Waals surface area contributed by atoms with Gasteiger partial charge in [-0.15, -0.1) is 0 Å². The molecule has 0 amide bonds. The number of halogens is 1. The largest absolute Gasteiger partial charge is 0.463 e. The molecule has 19 heavy (non-hydrogen) atoms. The van der Waals surface area contributed by atoms with E-state index in [-0.39, 0.29) is 6.54 Å². The van der Waals surface area contributed by atoms with Crippen molar-refractivity contribution in [2.45, 2.75) is 25.7 Å². The minimum Gasteiger partial charge on any atom is -0.463 e. The molecule has 0 radical (unpaired) electrons. The standard InChI is InChI=1S/C11H14ClNO5S/c1-11(2)17-9-4-3-7(12)5-8(9)10(18-11)6-13-19(14,15)16/h3-5,10,13H,6H2,1-2H3,(H,14,15,16)/t10-/m0/s1. The highest BCUT2D eigenvalue weighted by molar-refractivity contribution is 7.83. The Bertz CT molecular complexity index is 587. The molecule has 1 atom stereocenters. The fourth-order valence-corrected chi connectivity index (χ4v) is 2.43. The zero-order chi connectivity index (χ0) is 14.3. The maximum atomic E-state index is 10.7. The van der Waals surface area contributed by atoms with Crippen LogP contribution >= 0.6 is 11.6 Å². The molecule has 1 heterocycles. The number of hydrogen-bond donors (Lipinski definition) is 2. The first-order chi connectivity index (χ1) is 8.66. The van der Waals surface area contributed by atoms with Crippen LogP contribution < -0.4 is 9.46 Å². The van der Waals surface area contributed by atoms with Gasteiger partial charge in [-0.25, -0.2) is 0 Å². The Balaban J connectivity index is 2.30. The summed E-state index contributed by atoms with van der Waals surface area (Å²) in [5, 5.41) is 0.488. The second-order valence-electron chi connectivity index (χ2n) is 4.61. The van der Waals surface area contributed by atoms with Crippen molar-refractivity contribution in [2.24, 2.45) is 0 Å². The topological polar surface area (TPSA) is 84.9 Å². The van der Waals surface area contributed by atoms with E-state index in [9.17, 15) is 8.42 Å². The molecule has 0 unspecified atom stereocenters. The van der Waals surface area contributed by atoms with E-state index in [0.29, 0.717) is 16.3 Å². The molecule has 6 nitrogen and oxygen atoms in total. The Hall–Kier alpha value is -0.860.